The van der Waals surface area contributed by atoms with Gasteiger partial charge in [0.25, 0.3) is 0 Å². The summed E-state index contributed by atoms with van der Waals surface area (Å²) in [5.41, 5.74) is 0.151. The number of methoxy groups -OCH3 is 1. The third-order valence-corrected chi connectivity index (χ3v) is 3.83. The lowest BCUT2D eigenvalue weighted by Crippen LogP contribution is -2.48. The molecule has 0 aliphatic carbocycles. The topological polar surface area (TPSA) is 35.9 Å². The second kappa shape index (κ2) is 7.79. The molecule has 0 saturated carbocycles. The molecule has 1 aliphatic heterocycles. The maximum Gasteiger partial charge on any atom is 0.131 e. The lowest BCUT2D eigenvalue weighted by molar-refractivity contribution is 0.0599. The van der Waals surface area contributed by atoms with Gasteiger partial charge < -0.3 is 9.84 Å². The van der Waals surface area contributed by atoms with E-state index in [0.29, 0.717) is 13.2 Å². The summed E-state index contributed by atoms with van der Waals surface area (Å²) in [6, 6.07) is 3.29. The highest BCUT2D eigenvalue weighted by Gasteiger charge is 2.21. The van der Waals surface area contributed by atoms with Gasteiger partial charge in [0.05, 0.1) is 12.7 Å². The van der Waals surface area contributed by atoms with Crippen molar-refractivity contribution in [3.63, 3.8) is 0 Å². The second-order valence-corrected chi connectivity index (χ2v) is 5.32. The number of piperazine rings is 1. The maximum atomic E-state index is 13.6. The van der Waals surface area contributed by atoms with Gasteiger partial charge in [-0.25, -0.2) is 8.78 Å². The van der Waals surface area contributed by atoms with Crippen molar-refractivity contribution in [2.45, 2.75) is 6.10 Å². The largest absolute Gasteiger partial charge is 0.387 e. The predicted molar refractivity (Wildman–Crippen MR) is 76.1 cm³/mol. The van der Waals surface area contributed by atoms with E-state index in [1.807, 2.05) is 0 Å². The molecule has 0 amide bonds. The Balaban J connectivity index is 1.82. The highest BCUT2D eigenvalue weighted by molar-refractivity contribution is 5.21. The molecule has 118 valence electrons. The Morgan fingerprint density at radius 2 is 1.86 bits per heavy atom. The summed E-state index contributed by atoms with van der Waals surface area (Å²) in [5.74, 6) is -1.32. The highest BCUT2D eigenvalue weighted by atomic mass is 19.1. The van der Waals surface area contributed by atoms with E-state index in [2.05, 4.69) is 9.80 Å². The average Bonchev–Trinajstić information content (AvgIpc) is 2.46. The fourth-order valence-electron chi connectivity index (χ4n) is 2.53. The van der Waals surface area contributed by atoms with E-state index in [1.54, 1.807) is 7.11 Å². The first kappa shape index (κ1) is 16.3. The van der Waals surface area contributed by atoms with Crippen molar-refractivity contribution in [1.29, 1.82) is 0 Å². The minimum absolute atomic E-state index is 0.151. The number of β-amino-alcohol motifs (C(OH)–C–C–N with tert-alkyl or cyclic N) is 1. The number of benzene rings is 1. The zero-order valence-electron chi connectivity index (χ0n) is 12.3. The first-order chi connectivity index (χ1) is 10.1. The van der Waals surface area contributed by atoms with Crippen LogP contribution >= 0.6 is 0 Å². The molecule has 1 aromatic carbocycles. The fraction of sp³-hybridized carbons (Fsp3) is 0.600. The molecule has 1 aromatic rings. The van der Waals surface area contributed by atoms with Gasteiger partial charge >= 0.3 is 0 Å². The number of hydrogen-bond acceptors (Lipinski definition) is 4. The molecule has 1 N–H and O–H groups in total. The van der Waals surface area contributed by atoms with E-state index in [0.717, 1.165) is 38.8 Å². The Kier molecular flexibility index (Phi) is 6.05. The third kappa shape index (κ3) is 4.71. The monoisotopic (exact) mass is 300 g/mol. The molecule has 6 heteroatoms. The van der Waals surface area contributed by atoms with Gasteiger partial charge in [0.1, 0.15) is 11.6 Å². The molecule has 0 bridgehead atoms. The quantitative estimate of drug-likeness (QED) is 0.858. The Hall–Kier alpha value is -1.08. The normalized spacial score (nSPS) is 18.9. The molecule has 4 nitrogen and oxygen atoms in total. The van der Waals surface area contributed by atoms with Gasteiger partial charge in [0, 0.05) is 58.0 Å². The molecule has 21 heavy (non-hydrogen) atoms. The third-order valence-electron chi connectivity index (χ3n) is 3.83. The van der Waals surface area contributed by atoms with Crippen LogP contribution in [0.25, 0.3) is 0 Å². The van der Waals surface area contributed by atoms with Crippen LogP contribution in [0.15, 0.2) is 18.2 Å². The minimum atomic E-state index is -0.934. The Morgan fingerprint density at radius 3 is 2.48 bits per heavy atom. The number of ether oxygens (including phenoxy) is 1. The SMILES string of the molecule is COCCN1CCN(CC(O)c2ccc(F)cc2F)CC1. The molecule has 0 radical (unpaired) electrons. The van der Waals surface area contributed by atoms with Gasteiger partial charge in [-0.2, -0.15) is 0 Å². The van der Waals surface area contributed by atoms with Crippen molar-refractivity contribution < 1.29 is 18.6 Å². The molecule has 1 atom stereocenters. The summed E-state index contributed by atoms with van der Waals surface area (Å²) >= 11 is 0. The van der Waals surface area contributed by atoms with Crippen molar-refractivity contribution in [1.82, 2.24) is 9.80 Å². The van der Waals surface area contributed by atoms with E-state index < -0.39 is 17.7 Å². The summed E-state index contributed by atoms with van der Waals surface area (Å²) in [6.07, 6.45) is -0.934. The smallest absolute Gasteiger partial charge is 0.131 e. The lowest BCUT2D eigenvalue weighted by atomic mass is 10.1. The van der Waals surface area contributed by atoms with E-state index in [9.17, 15) is 13.9 Å². The van der Waals surface area contributed by atoms with E-state index in [4.69, 9.17) is 4.74 Å². The summed E-state index contributed by atoms with van der Waals surface area (Å²) in [5, 5.41) is 10.1. The number of nitrogens with zero attached hydrogens (tertiary/aromatic N) is 2. The van der Waals surface area contributed by atoms with Gasteiger partial charge in [0.2, 0.25) is 0 Å². The summed E-state index contributed by atoms with van der Waals surface area (Å²) < 4.78 is 31.5. The number of hydrogen-bond donors (Lipinski definition) is 1. The Labute approximate surface area is 123 Å². The van der Waals surface area contributed by atoms with Crippen LogP contribution in [0, 0.1) is 11.6 Å². The van der Waals surface area contributed by atoms with Gasteiger partial charge in [-0.15, -0.1) is 0 Å². The Bertz CT molecular complexity index is 451. The van der Waals surface area contributed by atoms with Gasteiger partial charge in [-0.05, 0) is 6.07 Å². The van der Waals surface area contributed by atoms with E-state index in [1.165, 1.54) is 12.1 Å². The van der Waals surface area contributed by atoms with E-state index >= 15 is 0 Å². The average molecular weight is 300 g/mol. The zero-order chi connectivity index (χ0) is 15.2. The van der Waals surface area contributed by atoms with Crippen LogP contribution in [-0.4, -0.2) is 67.9 Å². The van der Waals surface area contributed by atoms with Crippen LogP contribution in [0.3, 0.4) is 0 Å². The zero-order valence-corrected chi connectivity index (χ0v) is 12.3. The molecular formula is C15H22F2N2O2. The number of rotatable bonds is 6. The number of aliphatic hydroxyl groups excluding tert-OH is 1. The number of halogens is 2. The van der Waals surface area contributed by atoms with Crippen molar-refractivity contribution >= 4 is 0 Å². The molecule has 0 spiro atoms. The van der Waals surface area contributed by atoms with Crippen LogP contribution in [0.2, 0.25) is 0 Å². The van der Waals surface area contributed by atoms with Crippen LogP contribution in [-0.2, 0) is 4.74 Å². The van der Waals surface area contributed by atoms with Gasteiger partial charge in [-0.3, -0.25) is 9.80 Å². The fourth-order valence-corrected chi connectivity index (χ4v) is 2.53. The first-order valence-corrected chi connectivity index (χ1v) is 7.17. The van der Waals surface area contributed by atoms with Crippen LogP contribution < -0.4 is 0 Å². The molecule has 1 saturated heterocycles. The lowest BCUT2D eigenvalue weighted by Gasteiger charge is -2.35. The second-order valence-electron chi connectivity index (χ2n) is 5.32. The van der Waals surface area contributed by atoms with Crippen LogP contribution in [0.4, 0.5) is 8.78 Å². The highest BCUT2D eigenvalue weighted by Crippen LogP contribution is 2.19. The Morgan fingerprint density at radius 1 is 1.19 bits per heavy atom. The summed E-state index contributed by atoms with van der Waals surface area (Å²) in [4.78, 5) is 4.39. The predicted octanol–water partition coefficient (Wildman–Crippen LogP) is 1.26. The van der Waals surface area contributed by atoms with Crippen molar-refractivity contribution in [2.75, 3.05) is 53.0 Å². The molecule has 1 heterocycles. The molecule has 1 unspecified atom stereocenters. The molecule has 0 aromatic heterocycles. The van der Waals surface area contributed by atoms with E-state index in [-0.39, 0.29) is 5.56 Å². The van der Waals surface area contributed by atoms with Gasteiger partial charge in [0.15, 0.2) is 0 Å². The summed E-state index contributed by atoms with van der Waals surface area (Å²) in [7, 11) is 1.68. The maximum absolute atomic E-state index is 13.6. The van der Waals surface area contributed by atoms with Crippen molar-refractivity contribution in [2.24, 2.45) is 0 Å². The standard InChI is InChI=1S/C15H22F2N2O2/c1-21-9-8-18-4-6-19(7-5-18)11-15(20)13-3-2-12(16)10-14(13)17/h2-3,10,15,20H,4-9,11H2,1H3. The molecular weight excluding hydrogens is 278 g/mol. The number of aliphatic hydroxyl groups is 1. The minimum Gasteiger partial charge on any atom is -0.387 e. The van der Waals surface area contributed by atoms with Crippen molar-refractivity contribution in [3.05, 3.63) is 35.4 Å². The molecule has 1 aliphatic rings. The van der Waals surface area contributed by atoms with Crippen molar-refractivity contribution in [3.8, 4) is 0 Å². The first-order valence-electron chi connectivity index (χ1n) is 7.17. The van der Waals surface area contributed by atoms with Crippen LogP contribution in [0.5, 0.6) is 0 Å². The van der Waals surface area contributed by atoms with Crippen LogP contribution in [0.1, 0.15) is 11.7 Å². The molecule has 2 rings (SSSR count). The molecule has 1 fully saturated rings. The van der Waals surface area contributed by atoms with Gasteiger partial charge in [-0.1, -0.05) is 6.07 Å². The summed E-state index contributed by atoms with van der Waals surface area (Å²) in [6.45, 7) is 5.43.